The third-order valence-corrected chi connectivity index (χ3v) is 5.07. The van der Waals surface area contributed by atoms with Crippen LogP contribution in [-0.4, -0.2) is 14.4 Å². The SMILES string of the molecule is Cc1nc(N)nc(N[C@@H](C)c2cc3ccc(F)cn3c(=O)c2-c2ccccc2)c1C#N. The quantitative estimate of drug-likeness (QED) is 0.525. The largest absolute Gasteiger partial charge is 0.368 e. The Kier molecular flexibility index (Phi) is 5.09. The van der Waals surface area contributed by atoms with Crippen molar-refractivity contribution < 1.29 is 4.39 Å². The molecule has 0 amide bonds. The minimum atomic E-state index is -0.502. The highest BCUT2D eigenvalue weighted by Gasteiger charge is 2.20. The number of rotatable bonds is 4. The highest BCUT2D eigenvalue weighted by molar-refractivity contribution is 5.71. The highest BCUT2D eigenvalue weighted by Crippen LogP contribution is 2.30. The summed E-state index contributed by atoms with van der Waals surface area (Å²) in [7, 11) is 0. The molecule has 0 aliphatic heterocycles. The van der Waals surface area contributed by atoms with Crippen LogP contribution in [-0.2, 0) is 0 Å². The molecule has 1 aromatic carbocycles. The summed E-state index contributed by atoms with van der Waals surface area (Å²) in [5.41, 5.74) is 8.53. The van der Waals surface area contributed by atoms with Gasteiger partial charge < -0.3 is 11.1 Å². The molecule has 0 aliphatic carbocycles. The average molecular weight is 414 g/mol. The molecule has 7 nitrogen and oxygen atoms in total. The molecule has 3 N–H and O–H groups in total. The van der Waals surface area contributed by atoms with Crippen LogP contribution in [0.15, 0.2) is 59.5 Å². The Bertz CT molecular complexity index is 1390. The summed E-state index contributed by atoms with van der Waals surface area (Å²) in [6, 6.07) is 15.5. The Morgan fingerprint density at radius 3 is 2.65 bits per heavy atom. The first-order chi connectivity index (χ1) is 14.9. The number of anilines is 2. The Morgan fingerprint density at radius 1 is 1.19 bits per heavy atom. The molecule has 4 rings (SSSR count). The van der Waals surface area contributed by atoms with E-state index in [-0.39, 0.29) is 17.1 Å². The molecule has 3 heterocycles. The lowest BCUT2D eigenvalue weighted by molar-refractivity contribution is 0.618. The fourth-order valence-electron chi connectivity index (χ4n) is 3.61. The maximum Gasteiger partial charge on any atom is 0.263 e. The van der Waals surface area contributed by atoms with E-state index < -0.39 is 11.9 Å². The third kappa shape index (κ3) is 3.69. The Hall–Kier alpha value is -4.25. The van der Waals surface area contributed by atoms with Gasteiger partial charge in [-0.15, -0.1) is 0 Å². The Labute approximate surface area is 177 Å². The van der Waals surface area contributed by atoms with Crippen molar-refractivity contribution in [3.8, 4) is 17.2 Å². The van der Waals surface area contributed by atoms with Gasteiger partial charge in [-0.3, -0.25) is 9.20 Å². The first-order valence-electron chi connectivity index (χ1n) is 9.60. The van der Waals surface area contributed by atoms with Gasteiger partial charge >= 0.3 is 0 Å². The minimum absolute atomic E-state index is 0.0449. The van der Waals surface area contributed by atoms with Gasteiger partial charge in [-0.25, -0.2) is 9.37 Å². The normalized spacial score (nSPS) is 11.8. The fourth-order valence-corrected chi connectivity index (χ4v) is 3.61. The number of fused-ring (bicyclic) bond motifs is 1. The number of hydrogen-bond acceptors (Lipinski definition) is 6. The molecule has 0 aliphatic rings. The molecular weight excluding hydrogens is 395 g/mol. The molecule has 31 heavy (non-hydrogen) atoms. The van der Waals surface area contributed by atoms with Crippen molar-refractivity contribution >= 4 is 17.3 Å². The first-order valence-corrected chi connectivity index (χ1v) is 9.60. The van der Waals surface area contributed by atoms with Gasteiger partial charge in [0.05, 0.1) is 17.3 Å². The standard InChI is InChI=1S/C23H19FN6O/c1-13(27-21-19(11-25)14(2)28-23(26)29-21)18-10-17-9-8-16(24)12-30(17)22(31)20(18)15-6-4-3-5-7-15/h3-10,12-13H,1-2H3,(H3,26,27,28,29)/t13-/m0/s1. The molecule has 8 heteroatoms. The van der Waals surface area contributed by atoms with Gasteiger partial charge in [-0.1, -0.05) is 30.3 Å². The van der Waals surface area contributed by atoms with Gasteiger partial charge in [0.15, 0.2) is 0 Å². The summed E-state index contributed by atoms with van der Waals surface area (Å²) in [6.45, 7) is 3.54. The molecule has 3 aromatic heterocycles. The van der Waals surface area contributed by atoms with Crippen molar-refractivity contribution in [2.75, 3.05) is 11.1 Å². The summed E-state index contributed by atoms with van der Waals surface area (Å²) in [5.74, 6) is -0.167. The number of pyridine rings is 2. The van der Waals surface area contributed by atoms with Crippen molar-refractivity contribution in [1.82, 2.24) is 14.4 Å². The minimum Gasteiger partial charge on any atom is -0.368 e. The molecule has 0 saturated carbocycles. The van der Waals surface area contributed by atoms with Crippen LogP contribution in [0.4, 0.5) is 16.2 Å². The van der Waals surface area contributed by atoms with E-state index in [0.29, 0.717) is 33.7 Å². The van der Waals surface area contributed by atoms with Crippen LogP contribution >= 0.6 is 0 Å². The summed E-state index contributed by atoms with van der Waals surface area (Å²) in [5, 5.41) is 12.7. The highest BCUT2D eigenvalue weighted by atomic mass is 19.1. The molecule has 0 unspecified atom stereocenters. The average Bonchev–Trinajstić information content (AvgIpc) is 2.74. The Balaban J connectivity index is 1.92. The molecule has 0 radical (unpaired) electrons. The number of nitrogens with two attached hydrogens (primary N) is 1. The number of halogens is 1. The predicted molar refractivity (Wildman–Crippen MR) is 117 cm³/mol. The van der Waals surface area contributed by atoms with Crippen LogP contribution < -0.4 is 16.6 Å². The second-order valence-corrected chi connectivity index (χ2v) is 7.16. The van der Waals surface area contributed by atoms with Gasteiger partial charge in [0.1, 0.15) is 23.3 Å². The van der Waals surface area contributed by atoms with E-state index in [1.165, 1.54) is 16.7 Å². The molecule has 0 saturated heterocycles. The van der Waals surface area contributed by atoms with E-state index in [4.69, 9.17) is 5.73 Å². The van der Waals surface area contributed by atoms with Gasteiger partial charge in [-0.05, 0) is 43.2 Å². The molecule has 154 valence electrons. The molecule has 4 aromatic rings. The fraction of sp³-hybridized carbons (Fsp3) is 0.130. The van der Waals surface area contributed by atoms with Crippen molar-refractivity contribution in [2.24, 2.45) is 0 Å². The van der Waals surface area contributed by atoms with E-state index in [1.807, 2.05) is 43.3 Å². The van der Waals surface area contributed by atoms with Crippen LogP contribution in [0.3, 0.4) is 0 Å². The summed E-state index contributed by atoms with van der Waals surface area (Å²) in [4.78, 5) is 21.6. The first kappa shape index (κ1) is 20.0. The second kappa shape index (κ2) is 7.88. The predicted octanol–water partition coefficient (Wildman–Crippen LogP) is 3.83. The van der Waals surface area contributed by atoms with E-state index >= 15 is 0 Å². The van der Waals surface area contributed by atoms with E-state index in [1.54, 1.807) is 13.0 Å². The summed E-state index contributed by atoms with van der Waals surface area (Å²) >= 11 is 0. The van der Waals surface area contributed by atoms with E-state index in [2.05, 4.69) is 21.4 Å². The van der Waals surface area contributed by atoms with Crippen molar-refractivity contribution in [2.45, 2.75) is 19.9 Å². The van der Waals surface area contributed by atoms with E-state index in [0.717, 1.165) is 0 Å². The molecule has 1 atom stereocenters. The zero-order valence-corrected chi connectivity index (χ0v) is 16.9. The number of nitriles is 1. The zero-order chi connectivity index (χ0) is 22.1. The number of nitrogens with one attached hydrogen (secondary N) is 1. The van der Waals surface area contributed by atoms with Gasteiger partial charge in [0.25, 0.3) is 5.56 Å². The van der Waals surface area contributed by atoms with Gasteiger partial charge in [0, 0.05) is 11.7 Å². The number of nitrogen functional groups attached to an aromatic ring is 1. The number of hydrogen-bond donors (Lipinski definition) is 2. The molecule has 0 bridgehead atoms. The third-order valence-electron chi connectivity index (χ3n) is 5.07. The monoisotopic (exact) mass is 414 g/mol. The van der Waals surface area contributed by atoms with Crippen molar-refractivity contribution in [1.29, 1.82) is 5.26 Å². The second-order valence-electron chi connectivity index (χ2n) is 7.16. The smallest absolute Gasteiger partial charge is 0.263 e. The number of benzene rings is 1. The molecule has 0 spiro atoms. The maximum absolute atomic E-state index is 13.8. The van der Waals surface area contributed by atoms with Crippen LogP contribution in [0.1, 0.15) is 29.8 Å². The van der Waals surface area contributed by atoms with E-state index in [9.17, 15) is 14.4 Å². The van der Waals surface area contributed by atoms with Gasteiger partial charge in [0.2, 0.25) is 5.95 Å². The summed E-state index contributed by atoms with van der Waals surface area (Å²) < 4.78 is 15.1. The van der Waals surface area contributed by atoms with Crippen LogP contribution in [0.2, 0.25) is 0 Å². The van der Waals surface area contributed by atoms with Crippen LogP contribution in [0.25, 0.3) is 16.6 Å². The Morgan fingerprint density at radius 2 is 1.94 bits per heavy atom. The number of nitrogens with zero attached hydrogens (tertiary/aromatic N) is 4. The van der Waals surface area contributed by atoms with Crippen molar-refractivity contribution in [3.05, 3.63) is 87.7 Å². The lowest BCUT2D eigenvalue weighted by atomic mass is 9.96. The summed E-state index contributed by atoms with van der Waals surface area (Å²) in [6.07, 6.45) is 1.17. The van der Waals surface area contributed by atoms with Gasteiger partial charge in [-0.2, -0.15) is 10.2 Å². The van der Waals surface area contributed by atoms with Crippen molar-refractivity contribution in [3.63, 3.8) is 0 Å². The van der Waals surface area contributed by atoms with Crippen LogP contribution in [0.5, 0.6) is 0 Å². The zero-order valence-electron chi connectivity index (χ0n) is 16.9. The number of aromatic nitrogens is 3. The molecule has 0 fully saturated rings. The lowest BCUT2D eigenvalue weighted by Crippen LogP contribution is -2.21. The van der Waals surface area contributed by atoms with Crippen LogP contribution in [0, 0.1) is 24.1 Å². The maximum atomic E-state index is 13.8. The number of aryl methyl sites for hydroxylation is 1. The molecular formula is C23H19FN6O. The lowest BCUT2D eigenvalue weighted by Gasteiger charge is -2.20. The topological polar surface area (TPSA) is 109 Å².